The summed E-state index contributed by atoms with van der Waals surface area (Å²) in [6, 6.07) is 9.32. The van der Waals surface area contributed by atoms with Crippen LogP contribution in [0.3, 0.4) is 0 Å². The molecule has 0 spiro atoms. The first kappa shape index (κ1) is 61.1. The number of rotatable bonds is 43. The summed E-state index contributed by atoms with van der Waals surface area (Å²) in [5.41, 5.74) is 4.52. The van der Waals surface area contributed by atoms with Gasteiger partial charge in [0.05, 0.1) is 16.0 Å². The lowest BCUT2D eigenvalue weighted by atomic mass is 9.93. The number of nitrogens with zero attached hydrogens (tertiary/aromatic N) is 1. The van der Waals surface area contributed by atoms with E-state index in [1.54, 1.807) is 27.4 Å². The van der Waals surface area contributed by atoms with Gasteiger partial charge in [0.2, 0.25) is 0 Å². The third-order valence-corrected chi connectivity index (χ3v) is 22.6. The van der Waals surface area contributed by atoms with Crippen LogP contribution in [-0.4, -0.2) is 23.3 Å². The molecule has 0 fully saturated rings. The molecule has 1 aliphatic heterocycles. The monoisotopic (exact) mass is 1100 g/mol. The van der Waals surface area contributed by atoms with Gasteiger partial charge < -0.3 is 0 Å². The molecule has 0 radical (unpaired) electrons. The molecule has 8 heteroatoms. The van der Waals surface area contributed by atoms with E-state index in [2.05, 4.69) is 88.5 Å². The smallest absolute Gasteiger partial charge is 0.263 e. The summed E-state index contributed by atoms with van der Waals surface area (Å²) in [7, 11) is 0. The van der Waals surface area contributed by atoms with E-state index in [1.807, 2.05) is 22.7 Å². The van der Waals surface area contributed by atoms with E-state index in [0.717, 1.165) is 40.3 Å². The second-order valence-electron chi connectivity index (χ2n) is 22.6. The van der Waals surface area contributed by atoms with Crippen LogP contribution in [0.25, 0.3) is 38.7 Å². The van der Waals surface area contributed by atoms with Gasteiger partial charge in [0.1, 0.15) is 0 Å². The summed E-state index contributed by atoms with van der Waals surface area (Å²) < 4.78 is 3.07. The predicted octanol–water partition coefficient (Wildman–Crippen LogP) is 24.2. The molecule has 74 heavy (non-hydrogen) atoms. The Morgan fingerprint density at radius 1 is 0.378 bits per heavy atom. The Balaban J connectivity index is 1.21. The van der Waals surface area contributed by atoms with Crippen molar-refractivity contribution < 1.29 is 9.59 Å². The first-order valence-electron chi connectivity index (χ1n) is 31.0. The van der Waals surface area contributed by atoms with Gasteiger partial charge in [-0.25, -0.2) is 0 Å². The zero-order valence-corrected chi connectivity index (χ0v) is 51.9. The highest BCUT2D eigenvalue weighted by Gasteiger charge is 2.42. The van der Waals surface area contributed by atoms with Crippen molar-refractivity contribution in [1.82, 2.24) is 4.90 Å². The summed E-state index contributed by atoms with van der Waals surface area (Å²) >= 11 is 9.64. The standard InChI is InChI=1S/C66H101NO2S5/c1-7-11-15-19-23-26-28-31-35-39-43-53-60(55-46-45-50(5)70-55)73-63-54(44-40-36-32-29-27-24-20-16-12-8-2)61(74-62(53)63)56-47-48-57(72-56)64-59-58(51(6)71-64)65(68)67(66(59)69)49-52(41-37-33-22-18-14-10-4)42-38-34-30-25-21-17-13-9-3/h45-48,52H,7-44,49H2,1-6H3. The molecule has 0 saturated heterocycles. The molecule has 0 saturated carbocycles. The van der Waals surface area contributed by atoms with Crippen LogP contribution in [0.1, 0.15) is 300 Å². The molecule has 5 aromatic rings. The SMILES string of the molecule is CCCCCCCCCCCCc1c(-c2ccc(C)s2)sc2c(CCCCCCCCCCCC)c(-c3ccc(-c4sc(C)c5c4C(=O)N(CC(CCCCCCCC)CCCCCCCCCC)C5=O)s3)sc12. The molecule has 0 bridgehead atoms. The van der Waals surface area contributed by atoms with E-state index in [0.29, 0.717) is 23.6 Å². The quantitative estimate of drug-likeness (QED) is 0.0288. The Hall–Kier alpha value is -2.10. The minimum Gasteiger partial charge on any atom is -0.274 e. The van der Waals surface area contributed by atoms with E-state index in [-0.39, 0.29) is 11.8 Å². The van der Waals surface area contributed by atoms with Gasteiger partial charge in [0.15, 0.2) is 0 Å². The summed E-state index contributed by atoms with van der Waals surface area (Å²) in [6.45, 7) is 14.1. The van der Waals surface area contributed by atoms with Gasteiger partial charge in [-0.1, -0.05) is 233 Å². The predicted molar refractivity (Wildman–Crippen MR) is 334 cm³/mol. The maximum Gasteiger partial charge on any atom is 0.263 e. The van der Waals surface area contributed by atoms with Gasteiger partial charge in [-0.15, -0.1) is 56.7 Å². The summed E-state index contributed by atoms with van der Waals surface area (Å²) in [5.74, 6) is 0.281. The van der Waals surface area contributed by atoms with Gasteiger partial charge in [-0.05, 0) is 93.7 Å². The van der Waals surface area contributed by atoms with Crippen molar-refractivity contribution in [2.75, 3.05) is 6.54 Å². The Bertz CT molecular complexity index is 2350. The molecule has 1 aliphatic rings. The number of carbonyl (C=O) groups excluding carboxylic acids is 2. The van der Waals surface area contributed by atoms with Crippen LogP contribution in [0.15, 0.2) is 24.3 Å². The average molecular weight is 1100 g/mol. The molecule has 3 nitrogen and oxygen atoms in total. The van der Waals surface area contributed by atoms with Crippen molar-refractivity contribution in [2.45, 2.75) is 286 Å². The van der Waals surface area contributed by atoms with E-state index in [1.165, 1.54) is 252 Å². The van der Waals surface area contributed by atoms with Gasteiger partial charge in [0.25, 0.3) is 11.8 Å². The molecule has 0 aromatic carbocycles. The first-order chi connectivity index (χ1) is 36.3. The van der Waals surface area contributed by atoms with Crippen LogP contribution >= 0.6 is 56.7 Å². The highest BCUT2D eigenvalue weighted by Crippen LogP contribution is 2.53. The minimum atomic E-state index is -0.0468. The fourth-order valence-corrected chi connectivity index (χ4v) is 18.1. The molecule has 6 heterocycles. The molecule has 2 amide bonds. The van der Waals surface area contributed by atoms with E-state index >= 15 is 0 Å². The van der Waals surface area contributed by atoms with Gasteiger partial charge >= 0.3 is 0 Å². The van der Waals surface area contributed by atoms with Crippen molar-refractivity contribution in [3.8, 4) is 29.3 Å². The number of hydrogen-bond acceptors (Lipinski definition) is 7. The number of aryl methyl sites for hydroxylation is 4. The van der Waals surface area contributed by atoms with Crippen LogP contribution < -0.4 is 0 Å². The second-order valence-corrected chi connectivity index (χ2v) is 28.2. The van der Waals surface area contributed by atoms with Gasteiger partial charge in [-0.2, -0.15) is 0 Å². The van der Waals surface area contributed by atoms with Crippen LogP contribution in [0, 0.1) is 19.8 Å². The Labute approximate surface area is 472 Å². The number of amides is 2. The number of unbranched alkanes of at least 4 members (excludes halogenated alkanes) is 30. The van der Waals surface area contributed by atoms with Crippen molar-refractivity contribution in [3.05, 3.63) is 56.3 Å². The van der Waals surface area contributed by atoms with Crippen LogP contribution in [0.2, 0.25) is 0 Å². The third-order valence-electron chi connectivity index (χ3n) is 16.2. The molecule has 5 aromatic heterocycles. The highest BCUT2D eigenvalue weighted by atomic mass is 32.1. The van der Waals surface area contributed by atoms with Gasteiger partial charge in [0, 0.05) is 50.1 Å². The largest absolute Gasteiger partial charge is 0.274 e. The molecular formula is C66H101NO2S5. The number of carbonyl (C=O) groups is 2. The summed E-state index contributed by atoms with van der Waals surface area (Å²) in [5, 5.41) is 0. The zero-order valence-electron chi connectivity index (χ0n) is 47.8. The molecule has 0 aliphatic carbocycles. The van der Waals surface area contributed by atoms with E-state index in [9.17, 15) is 9.59 Å². The maximum atomic E-state index is 14.7. The first-order valence-corrected chi connectivity index (χ1v) is 35.1. The molecule has 0 N–H and O–H groups in total. The third kappa shape index (κ3) is 18.5. The fourth-order valence-electron chi connectivity index (χ4n) is 11.7. The summed E-state index contributed by atoms with van der Waals surface area (Å²) in [6.07, 6.45) is 49.7. The van der Waals surface area contributed by atoms with Crippen molar-refractivity contribution >= 4 is 77.9 Å². The Kier molecular flexibility index (Phi) is 28.7. The minimum absolute atomic E-state index is 0.0467. The van der Waals surface area contributed by atoms with Crippen molar-refractivity contribution in [3.63, 3.8) is 0 Å². The van der Waals surface area contributed by atoms with E-state index < -0.39 is 0 Å². The summed E-state index contributed by atoms with van der Waals surface area (Å²) in [4.78, 5) is 41.1. The lowest BCUT2D eigenvalue weighted by Gasteiger charge is -2.23. The van der Waals surface area contributed by atoms with Crippen molar-refractivity contribution in [1.29, 1.82) is 0 Å². The number of fused-ring (bicyclic) bond motifs is 2. The number of thiophene rings is 5. The highest BCUT2D eigenvalue weighted by molar-refractivity contribution is 7.34. The van der Waals surface area contributed by atoms with Crippen LogP contribution in [0.5, 0.6) is 0 Å². The number of hydrogen-bond donors (Lipinski definition) is 0. The van der Waals surface area contributed by atoms with Crippen LogP contribution in [0.4, 0.5) is 0 Å². The molecular weight excluding hydrogens is 999 g/mol. The normalized spacial score (nSPS) is 13.2. The lowest BCUT2D eigenvalue weighted by Crippen LogP contribution is -2.35. The average Bonchev–Trinajstić information content (AvgIpc) is 4.27. The molecule has 6 rings (SSSR count). The topological polar surface area (TPSA) is 37.4 Å². The van der Waals surface area contributed by atoms with Gasteiger partial charge in [-0.3, -0.25) is 14.5 Å². The second kappa shape index (κ2) is 34.7. The lowest BCUT2D eigenvalue weighted by molar-refractivity contribution is 0.0621. The number of imide groups is 1. The molecule has 1 unspecified atom stereocenters. The zero-order chi connectivity index (χ0) is 52.3. The van der Waals surface area contributed by atoms with E-state index in [4.69, 9.17) is 0 Å². The fraction of sp³-hybridized carbons (Fsp3) is 0.697. The Morgan fingerprint density at radius 2 is 0.730 bits per heavy atom. The Morgan fingerprint density at radius 3 is 1.14 bits per heavy atom. The molecule has 412 valence electrons. The maximum absolute atomic E-state index is 14.7. The van der Waals surface area contributed by atoms with Crippen LogP contribution in [-0.2, 0) is 12.8 Å². The van der Waals surface area contributed by atoms with Crippen molar-refractivity contribution in [2.24, 2.45) is 5.92 Å². The molecule has 1 atom stereocenters.